The van der Waals surface area contributed by atoms with Crippen molar-refractivity contribution in [3.05, 3.63) is 110 Å². The third kappa shape index (κ3) is 16.2. The van der Waals surface area contributed by atoms with Crippen molar-refractivity contribution >= 4 is 87.9 Å². The third-order valence-corrected chi connectivity index (χ3v) is 16.3. The zero-order valence-electron chi connectivity index (χ0n) is 50.3. The highest BCUT2D eigenvalue weighted by molar-refractivity contribution is 6.13. The van der Waals surface area contributed by atoms with Gasteiger partial charge in [0.15, 0.2) is 5.60 Å². The molecule has 4 aromatic rings. The molecule has 0 saturated heterocycles. The summed E-state index contributed by atoms with van der Waals surface area (Å²) in [6.45, 7) is 0.982. The molecule has 0 bridgehead atoms. The van der Waals surface area contributed by atoms with Crippen molar-refractivity contribution in [3.8, 4) is 11.4 Å². The second-order valence-corrected chi connectivity index (χ2v) is 22.6. The van der Waals surface area contributed by atoms with Crippen molar-refractivity contribution in [2.24, 2.45) is 0 Å². The summed E-state index contributed by atoms with van der Waals surface area (Å²) < 4.78 is 22.1. The lowest BCUT2D eigenvalue weighted by Gasteiger charge is -2.31. The Hall–Kier alpha value is -10.3. The Morgan fingerprint density at radius 2 is 1.38 bits per heavy atom. The number of unbranched alkanes of at least 4 members (excludes halogenated alkanes) is 2. The second kappa shape index (κ2) is 30.0. The number of carbonyl (C=O) groups excluding carboxylic acids is 11. The number of cyclic esters (lactones) is 1. The SMILES string of the molecule is CC[C@@]1(O)C(=O)OCc2c1cc1n(c2=O)Cc2c-1nc1cc(F)c(C)c3c1c2[C@@H](NC(=O)CCCNC(=O)CNC(=O)[C@H](Cc1ccccc1)NC(=O)CNC(=O)CNC(=O)[C@H](CC(=O)O)NC(=O)[C@H](CCC(=O)O)NC(=O)CCCCCN1C(=O)C=CC1=O)CC3. The number of aliphatic carboxylic acids is 2. The molecular weight excluding hydrogens is 1210 g/mol. The number of fused-ring (bicyclic) bond motifs is 5. The fraction of sp³-hybridized carbons (Fsp3) is 0.435. The smallest absolute Gasteiger partial charge is 0.343 e. The van der Waals surface area contributed by atoms with Gasteiger partial charge in [-0.05, 0) is 80.2 Å². The monoisotopic (exact) mass is 1280 g/mol. The van der Waals surface area contributed by atoms with E-state index >= 15 is 4.39 Å². The minimum absolute atomic E-state index is 0.00853. The minimum atomic E-state index is -2.07. The lowest BCUT2D eigenvalue weighted by Crippen LogP contribution is -2.55. The molecule has 2 aromatic carbocycles. The van der Waals surface area contributed by atoms with E-state index in [0.29, 0.717) is 70.2 Å². The maximum Gasteiger partial charge on any atom is 0.343 e. The molecule has 0 saturated carbocycles. The molecule has 3 aliphatic heterocycles. The number of carboxylic acid groups (broad SMARTS) is 2. The zero-order chi connectivity index (χ0) is 66.6. The maximum atomic E-state index is 15.4. The van der Waals surface area contributed by atoms with Crippen LogP contribution in [0.5, 0.6) is 0 Å². The molecule has 0 radical (unpaired) electrons. The number of rotatable bonds is 31. The van der Waals surface area contributed by atoms with Crippen LogP contribution in [0, 0.1) is 12.7 Å². The van der Waals surface area contributed by atoms with Crippen molar-refractivity contribution in [1.82, 2.24) is 57.0 Å². The van der Waals surface area contributed by atoms with E-state index in [2.05, 4.69) is 42.5 Å². The van der Waals surface area contributed by atoms with Crippen LogP contribution in [0.1, 0.15) is 123 Å². The highest BCUT2D eigenvalue weighted by atomic mass is 19.1. The number of carbonyl (C=O) groups is 13. The number of nitrogens with zero attached hydrogens (tertiary/aromatic N) is 3. The van der Waals surface area contributed by atoms with E-state index in [4.69, 9.17) is 9.72 Å². The fourth-order valence-electron chi connectivity index (χ4n) is 11.5. The number of aryl methyl sites for hydroxylation is 1. The van der Waals surface area contributed by atoms with Crippen LogP contribution in [0.4, 0.5) is 4.39 Å². The molecule has 4 aliphatic rings. The van der Waals surface area contributed by atoms with Gasteiger partial charge in [0.05, 0.1) is 61.1 Å². The summed E-state index contributed by atoms with van der Waals surface area (Å²) in [6, 6.07) is 6.10. The van der Waals surface area contributed by atoms with Crippen molar-refractivity contribution in [2.75, 3.05) is 32.7 Å². The normalized spacial score (nSPS) is 16.8. The van der Waals surface area contributed by atoms with Crippen molar-refractivity contribution in [3.63, 3.8) is 0 Å². The van der Waals surface area contributed by atoms with Crippen LogP contribution < -0.4 is 48.1 Å². The molecule has 1 aliphatic carbocycles. The van der Waals surface area contributed by atoms with Gasteiger partial charge < -0.3 is 67.2 Å². The summed E-state index contributed by atoms with van der Waals surface area (Å²) in [5.74, 6) is -11.7. The number of esters is 1. The molecule has 29 nitrogen and oxygen atoms in total. The van der Waals surface area contributed by atoms with E-state index in [9.17, 15) is 82.4 Å². The summed E-state index contributed by atoms with van der Waals surface area (Å²) in [5.41, 5.74) is 1.70. The number of hydrogen-bond acceptors (Lipinski definition) is 17. The van der Waals surface area contributed by atoms with E-state index in [0.717, 1.165) is 22.6 Å². The molecule has 30 heteroatoms. The maximum absolute atomic E-state index is 15.4. The summed E-state index contributed by atoms with van der Waals surface area (Å²) in [5, 5.41) is 50.5. The van der Waals surface area contributed by atoms with Gasteiger partial charge in [0.25, 0.3) is 17.4 Å². The summed E-state index contributed by atoms with van der Waals surface area (Å²) in [4.78, 5) is 185. The minimum Gasteiger partial charge on any atom is -0.481 e. The van der Waals surface area contributed by atoms with Gasteiger partial charge in [0.2, 0.25) is 47.3 Å². The van der Waals surface area contributed by atoms with Crippen LogP contribution in [0.15, 0.2) is 59.4 Å². The number of amides is 10. The van der Waals surface area contributed by atoms with E-state index in [-0.39, 0.29) is 81.8 Å². The van der Waals surface area contributed by atoms with Gasteiger partial charge in [-0.15, -0.1) is 0 Å². The van der Waals surface area contributed by atoms with Crippen LogP contribution in [-0.2, 0) is 98.7 Å². The number of imide groups is 1. The summed E-state index contributed by atoms with van der Waals surface area (Å²) in [6.07, 6.45) is 1.87. The quantitative estimate of drug-likeness (QED) is 0.0150. The fourth-order valence-corrected chi connectivity index (χ4v) is 11.5. The predicted octanol–water partition coefficient (Wildman–Crippen LogP) is -0.602. The Balaban J connectivity index is 0.794. The lowest BCUT2D eigenvalue weighted by atomic mass is 9.81. The van der Waals surface area contributed by atoms with Crippen molar-refractivity contribution in [1.29, 1.82) is 0 Å². The number of ether oxygens (including phenoxy) is 1. The van der Waals surface area contributed by atoms with Gasteiger partial charge in [-0.1, -0.05) is 43.7 Å². The lowest BCUT2D eigenvalue weighted by molar-refractivity contribution is -0.172. The molecular formula is C62H70FN11O18. The third-order valence-electron chi connectivity index (χ3n) is 16.3. The molecule has 0 spiro atoms. The van der Waals surface area contributed by atoms with Gasteiger partial charge in [0, 0.05) is 73.5 Å². The topological polar surface area (TPSA) is 426 Å². The average Bonchev–Trinajstić information content (AvgIpc) is 1.47. The number of hydrogen-bond donors (Lipinski definition) is 11. The first-order valence-corrected chi connectivity index (χ1v) is 30.0. The number of carboxylic acids is 2. The highest BCUT2D eigenvalue weighted by Gasteiger charge is 2.46. The largest absolute Gasteiger partial charge is 0.481 e. The Morgan fingerprint density at radius 3 is 2.07 bits per heavy atom. The van der Waals surface area contributed by atoms with Crippen molar-refractivity contribution in [2.45, 2.75) is 140 Å². The zero-order valence-corrected chi connectivity index (χ0v) is 50.3. The summed E-state index contributed by atoms with van der Waals surface area (Å²) in [7, 11) is 0. The standard InChI is InChI=1S/C62H70FN11O18/c1-3-62(91)37-24-44-56-35(30-74(44)60(89)36(37)31-92-61(62)90)55-39(16-15-34-32(2)38(63)25-41(71-56)54(34)55)68-46(76)14-10-21-64-47(77)27-66-57(86)42(23-33-11-6-4-7-12-33)70-49(79)29-65-48(78)28-67-58(87)43(26-53(84)85)72-59(88)40(17-20-52(82)83)69-45(75)13-8-5-9-22-73-50(80)18-19-51(73)81/h4,6-7,11-12,18-19,24-25,39-40,42-43,91H,3,5,8-10,13-17,20-23,26-31H2,1-2H3,(H,64,77)(H,65,78)(H,66,86)(H,67,87)(H,68,76)(H,69,75)(H,70,79)(H,72,88)(H,82,83)(H,84,85)/t39-,40-,42-,43-,62-/m0/s1. The highest BCUT2D eigenvalue weighted by Crippen LogP contribution is 2.46. The molecule has 488 valence electrons. The van der Waals surface area contributed by atoms with Crippen LogP contribution >= 0.6 is 0 Å². The predicted molar refractivity (Wildman–Crippen MR) is 319 cm³/mol. The molecule has 0 unspecified atom stereocenters. The molecule has 92 heavy (non-hydrogen) atoms. The molecule has 10 amide bonds. The number of pyridine rings is 2. The molecule has 8 rings (SSSR count). The Kier molecular flexibility index (Phi) is 22.1. The molecule has 2 aromatic heterocycles. The van der Waals surface area contributed by atoms with Gasteiger partial charge >= 0.3 is 17.9 Å². The number of nitrogens with one attached hydrogen (secondary N) is 8. The molecule has 11 N–H and O–H groups in total. The first-order chi connectivity index (χ1) is 43.9. The van der Waals surface area contributed by atoms with Crippen LogP contribution in [0.25, 0.3) is 22.3 Å². The molecule has 5 heterocycles. The van der Waals surface area contributed by atoms with E-state index in [1.54, 1.807) is 50.2 Å². The number of aliphatic hydroxyl groups is 1. The van der Waals surface area contributed by atoms with Gasteiger partial charge in [-0.2, -0.15) is 0 Å². The van der Waals surface area contributed by atoms with Gasteiger partial charge in [-0.3, -0.25) is 67.2 Å². The Morgan fingerprint density at radius 1 is 0.717 bits per heavy atom. The van der Waals surface area contributed by atoms with Crippen molar-refractivity contribution < 1.29 is 86.8 Å². The van der Waals surface area contributed by atoms with E-state index < -0.39 is 151 Å². The Bertz CT molecular complexity index is 3740. The van der Waals surface area contributed by atoms with Crippen LogP contribution in [0.2, 0.25) is 0 Å². The van der Waals surface area contributed by atoms with Crippen LogP contribution in [-0.4, -0.2) is 158 Å². The Labute approximate surface area is 524 Å². The molecule has 5 atom stereocenters. The van der Waals surface area contributed by atoms with Crippen LogP contribution in [0.3, 0.4) is 0 Å². The summed E-state index contributed by atoms with van der Waals surface area (Å²) >= 11 is 0. The van der Waals surface area contributed by atoms with E-state index in [1.807, 2.05) is 0 Å². The number of aromatic nitrogens is 2. The van der Waals surface area contributed by atoms with Gasteiger partial charge in [-0.25, -0.2) is 14.2 Å². The van der Waals surface area contributed by atoms with Gasteiger partial charge in [0.1, 0.15) is 30.5 Å². The first-order valence-electron chi connectivity index (χ1n) is 30.0. The first kappa shape index (κ1) is 67.7. The average molecular weight is 1280 g/mol. The number of halogens is 1. The molecule has 0 fully saturated rings. The number of benzene rings is 2. The van der Waals surface area contributed by atoms with E-state index in [1.165, 1.54) is 10.6 Å². The second-order valence-electron chi connectivity index (χ2n) is 22.6.